The van der Waals surface area contributed by atoms with E-state index < -0.39 is 104 Å². The summed E-state index contributed by atoms with van der Waals surface area (Å²) in [7, 11) is 0. The Labute approximate surface area is 576 Å². The SMILES string of the molecule is CCO[C@@H]1[C@@H](O[C@H]2O[C@H](COCc3ccccc3)[C@@H](OCc3ccccc3)[C@H](OCc3ccccc3)[C@@H]2OCc2ccccc2)[C@H](O)O[C@H](COCc2ccccc2)[C@H]1O[C@@H]1O[C@H](COCc2ccccc2)[C@@H](OCc2ccccc2)[C@H](OCc2ccccc2)[C@H]1OC(=O)C(C)(C)C. The number of ether oxygens (including phenoxy) is 15. The second kappa shape index (κ2) is 37.2. The summed E-state index contributed by atoms with van der Waals surface area (Å²) in [6.45, 7) is 8.61. The molecule has 0 aromatic heterocycles. The van der Waals surface area contributed by atoms with Gasteiger partial charge in [-0.25, -0.2) is 0 Å². The molecule has 3 fully saturated rings. The predicted octanol–water partition coefficient (Wildman–Crippen LogP) is 12.9. The number of aliphatic hydroxyl groups excluding tert-OH is 1. The second-order valence-corrected chi connectivity index (χ2v) is 25.7. The smallest absolute Gasteiger partial charge is 0.311 e. The van der Waals surface area contributed by atoms with Gasteiger partial charge in [-0.15, -0.1) is 0 Å². The molecule has 8 aromatic rings. The van der Waals surface area contributed by atoms with Gasteiger partial charge in [0, 0.05) is 6.61 Å². The Balaban J connectivity index is 0.990. The molecule has 17 heteroatoms. The zero-order chi connectivity index (χ0) is 67.7. The Hall–Kier alpha value is -7.37. The van der Waals surface area contributed by atoms with Crippen LogP contribution in [0.5, 0.6) is 0 Å². The van der Waals surface area contributed by atoms with Crippen LogP contribution >= 0.6 is 0 Å². The Morgan fingerprint density at radius 2 is 0.592 bits per heavy atom. The van der Waals surface area contributed by atoms with Crippen LogP contribution in [0.2, 0.25) is 0 Å². The summed E-state index contributed by atoms with van der Waals surface area (Å²) in [5, 5.41) is 12.8. The second-order valence-electron chi connectivity index (χ2n) is 25.7. The standard InChI is InChI=1S/C81H92O17/c1-5-87-73-70(96-79-76(98-80(83)81(2,3)4)72(91-52-63-42-26-12-27-43-63)69(89-50-61-38-22-10-23-39-61)66(95-79)55-85-47-58-32-16-7-17-33-58)67(56-86-48-59-34-18-8-19-35-59)93-77(82)74(73)97-78-75(92-53-64-44-28-13-29-45-64)71(90-51-62-40-24-11-25-41-62)68(88-49-60-36-20-9-21-37-60)65(94-78)54-84-46-57-30-14-6-15-31-57/h6-45,65-79,82H,5,46-56H2,1-4H3/t65-,66-,67-,68-,69-,70-,71+,72+,73+,74-,75+,76-,77-,78-,79+/m1/s1. The van der Waals surface area contributed by atoms with Crippen LogP contribution < -0.4 is 0 Å². The van der Waals surface area contributed by atoms with Crippen LogP contribution in [0.4, 0.5) is 0 Å². The maximum atomic E-state index is 14.7. The zero-order valence-electron chi connectivity index (χ0n) is 56.2. The molecule has 0 unspecified atom stereocenters. The highest BCUT2D eigenvalue weighted by atomic mass is 16.8. The molecular formula is C81H92O17. The van der Waals surface area contributed by atoms with Gasteiger partial charge in [0.15, 0.2) is 25.0 Å². The molecule has 3 aliphatic rings. The first-order chi connectivity index (χ1) is 48.0. The summed E-state index contributed by atoms with van der Waals surface area (Å²) in [4.78, 5) is 14.7. The van der Waals surface area contributed by atoms with Crippen LogP contribution in [0.25, 0.3) is 0 Å². The number of aliphatic hydroxyl groups is 1. The van der Waals surface area contributed by atoms with E-state index in [1.54, 1.807) is 20.8 Å². The molecule has 0 amide bonds. The van der Waals surface area contributed by atoms with Crippen molar-refractivity contribution >= 4 is 5.97 Å². The molecule has 3 saturated heterocycles. The molecule has 15 atom stereocenters. The van der Waals surface area contributed by atoms with Gasteiger partial charge >= 0.3 is 5.97 Å². The van der Waals surface area contributed by atoms with E-state index in [2.05, 4.69) is 0 Å². The Morgan fingerprint density at radius 1 is 0.327 bits per heavy atom. The van der Waals surface area contributed by atoms with Crippen LogP contribution in [-0.2, 0) is 129 Å². The first-order valence-electron chi connectivity index (χ1n) is 33.9. The van der Waals surface area contributed by atoms with Crippen LogP contribution in [0.3, 0.4) is 0 Å². The van der Waals surface area contributed by atoms with Gasteiger partial charge in [0.2, 0.25) is 0 Å². The minimum absolute atomic E-state index is 0.00729. The van der Waals surface area contributed by atoms with E-state index in [0.717, 1.165) is 44.5 Å². The number of rotatable bonds is 34. The molecule has 0 bridgehead atoms. The fourth-order valence-corrected chi connectivity index (χ4v) is 12.1. The van der Waals surface area contributed by atoms with Crippen molar-refractivity contribution in [3.05, 3.63) is 287 Å². The number of hydrogen-bond acceptors (Lipinski definition) is 17. The van der Waals surface area contributed by atoms with Crippen molar-refractivity contribution in [3.8, 4) is 0 Å². The lowest BCUT2D eigenvalue weighted by molar-refractivity contribution is -0.394. The number of carbonyl (C=O) groups excluding carboxylic acids is 1. The minimum Gasteiger partial charge on any atom is -0.454 e. The van der Waals surface area contributed by atoms with E-state index >= 15 is 0 Å². The summed E-state index contributed by atoms with van der Waals surface area (Å²) in [6.07, 6.45) is -17.3. The number of esters is 1. The number of hydrogen-bond donors (Lipinski definition) is 1. The normalized spacial score (nSPS) is 25.7. The largest absolute Gasteiger partial charge is 0.454 e. The van der Waals surface area contributed by atoms with Crippen molar-refractivity contribution in [2.75, 3.05) is 26.4 Å². The molecule has 11 rings (SSSR count). The average Bonchev–Trinajstić information content (AvgIpc) is 0.771. The first-order valence-corrected chi connectivity index (χ1v) is 33.9. The Morgan fingerprint density at radius 3 is 0.918 bits per heavy atom. The summed E-state index contributed by atoms with van der Waals surface area (Å²) in [5.74, 6) is -0.553. The van der Waals surface area contributed by atoms with Crippen molar-refractivity contribution in [2.45, 2.75) is 173 Å². The fraction of sp³-hybridized carbons (Fsp3) is 0.395. The lowest BCUT2D eigenvalue weighted by Crippen LogP contribution is -2.68. The topological polar surface area (TPSA) is 176 Å². The van der Waals surface area contributed by atoms with Gasteiger partial charge in [-0.1, -0.05) is 243 Å². The van der Waals surface area contributed by atoms with Gasteiger partial charge in [-0.3, -0.25) is 4.79 Å². The lowest BCUT2D eigenvalue weighted by atomic mass is 9.94. The highest BCUT2D eigenvalue weighted by molar-refractivity contribution is 5.75. The Kier molecular flexibility index (Phi) is 27.3. The molecular weight excluding hydrogens is 1240 g/mol. The van der Waals surface area contributed by atoms with Gasteiger partial charge < -0.3 is 76.2 Å². The molecule has 1 N–H and O–H groups in total. The third-order valence-electron chi connectivity index (χ3n) is 17.2. The summed E-state index contributed by atoms with van der Waals surface area (Å²) >= 11 is 0. The third-order valence-corrected chi connectivity index (χ3v) is 17.2. The van der Waals surface area contributed by atoms with Gasteiger partial charge in [-0.2, -0.15) is 0 Å². The molecule has 8 aromatic carbocycles. The van der Waals surface area contributed by atoms with Crippen molar-refractivity contribution < 1.29 is 81.0 Å². The van der Waals surface area contributed by atoms with Crippen LogP contribution in [0.1, 0.15) is 72.2 Å². The summed E-state index contributed by atoms with van der Waals surface area (Å²) in [5.41, 5.74) is 6.27. The highest BCUT2D eigenvalue weighted by Gasteiger charge is 2.58. The first kappa shape index (κ1) is 71.9. The predicted molar refractivity (Wildman–Crippen MR) is 366 cm³/mol. The van der Waals surface area contributed by atoms with E-state index in [9.17, 15) is 9.90 Å². The molecule has 0 spiro atoms. The van der Waals surface area contributed by atoms with Gasteiger partial charge in [0.25, 0.3) is 0 Å². The van der Waals surface area contributed by atoms with E-state index in [1.165, 1.54) is 0 Å². The molecule has 518 valence electrons. The van der Waals surface area contributed by atoms with Gasteiger partial charge in [-0.05, 0) is 72.2 Å². The van der Waals surface area contributed by atoms with Crippen LogP contribution in [0, 0.1) is 5.41 Å². The van der Waals surface area contributed by atoms with E-state index in [1.807, 2.05) is 250 Å². The molecule has 17 nitrogen and oxygen atoms in total. The summed E-state index contributed by atoms with van der Waals surface area (Å²) in [6, 6.07) is 78.5. The third kappa shape index (κ3) is 20.9. The quantitative estimate of drug-likeness (QED) is 0.0377. The zero-order valence-corrected chi connectivity index (χ0v) is 56.2. The number of benzene rings is 8. The van der Waals surface area contributed by atoms with Crippen molar-refractivity contribution in [1.29, 1.82) is 0 Å². The van der Waals surface area contributed by atoms with Crippen molar-refractivity contribution in [2.24, 2.45) is 5.41 Å². The Bertz CT molecular complexity index is 3510. The molecule has 0 radical (unpaired) electrons. The van der Waals surface area contributed by atoms with Gasteiger partial charge in [0.05, 0.1) is 78.1 Å². The van der Waals surface area contributed by atoms with E-state index in [-0.39, 0.29) is 79.3 Å². The highest BCUT2D eigenvalue weighted by Crippen LogP contribution is 2.39. The lowest BCUT2D eigenvalue weighted by Gasteiger charge is -2.51. The minimum atomic E-state index is -1.71. The maximum Gasteiger partial charge on any atom is 0.311 e. The molecule has 0 aliphatic carbocycles. The monoisotopic (exact) mass is 1340 g/mol. The molecule has 98 heavy (non-hydrogen) atoms. The maximum absolute atomic E-state index is 14.7. The van der Waals surface area contributed by atoms with Crippen molar-refractivity contribution in [1.82, 2.24) is 0 Å². The average molecular weight is 1340 g/mol. The fourth-order valence-electron chi connectivity index (χ4n) is 12.1. The molecule has 3 heterocycles. The molecule has 3 aliphatic heterocycles. The van der Waals surface area contributed by atoms with Crippen LogP contribution in [0.15, 0.2) is 243 Å². The van der Waals surface area contributed by atoms with Gasteiger partial charge in [0.1, 0.15) is 67.1 Å². The van der Waals surface area contributed by atoms with Crippen molar-refractivity contribution in [3.63, 3.8) is 0 Å². The van der Waals surface area contributed by atoms with E-state index in [4.69, 9.17) is 71.1 Å². The number of carbonyl (C=O) groups is 1. The van der Waals surface area contributed by atoms with E-state index in [0.29, 0.717) is 0 Å². The molecule has 0 saturated carbocycles. The summed E-state index contributed by atoms with van der Waals surface area (Å²) < 4.78 is 105. The van der Waals surface area contributed by atoms with Crippen LogP contribution in [-0.4, -0.2) is 130 Å².